The number of carbonyl (C=O) groups is 1. The van der Waals surface area contributed by atoms with Crippen LogP contribution in [0, 0.1) is 11.3 Å². The topological polar surface area (TPSA) is 52.9 Å². The molecule has 3 nitrogen and oxygen atoms in total. The highest BCUT2D eigenvalue weighted by atomic mass is 16.1. The molecule has 0 radical (unpaired) electrons. The number of hydrogen-bond donors (Lipinski definition) is 1. The van der Waals surface area contributed by atoms with Crippen molar-refractivity contribution in [2.45, 2.75) is 32.6 Å². The summed E-state index contributed by atoms with van der Waals surface area (Å²) in [5.41, 5.74) is 1.97. The summed E-state index contributed by atoms with van der Waals surface area (Å²) < 4.78 is 0. The first-order chi connectivity index (χ1) is 7.67. The molecule has 0 fully saturated rings. The Kier molecular flexibility index (Phi) is 4.53. The maximum absolute atomic E-state index is 11.2. The molecule has 3 heteroatoms. The second-order valence-corrected chi connectivity index (χ2v) is 3.82. The molecule has 1 unspecified atom stereocenters. The van der Waals surface area contributed by atoms with Crippen molar-refractivity contribution in [3.8, 4) is 6.07 Å². The number of anilines is 1. The van der Waals surface area contributed by atoms with Crippen LogP contribution in [0.1, 0.15) is 38.2 Å². The fraction of sp³-hybridized carbons (Fsp3) is 0.385. The molecule has 0 aliphatic rings. The Morgan fingerprint density at radius 1 is 1.56 bits per heavy atom. The van der Waals surface area contributed by atoms with Gasteiger partial charge in [0.2, 0.25) is 5.91 Å². The molecule has 16 heavy (non-hydrogen) atoms. The third-order valence-corrected chi connectivity index (χ3v) is 2.59. The van der Waals surface area contributed by atoms with Crippen LogP contribution in [0.4, 0.5) is 5.69 Å². The van der Waals surface area contributed by atoms with Crippen LogP contribution in [-0.2, 0) is 4.79 Å². The first kappa shape index (κ1) is 12.3. The van der Waals surface area contributed by atoms with Gasteiger partial charge in [-0.1, -0.05) is 26.0 Å². The fourth-order valence-corrected chi connectivity index (χ4v) is 1.44. The minimum Gasteiger partial charge on any atom is -0.325 e. The zero-order chi connectivity index (χ0) is 12.0. The molecule has 0 saturated carbocycles. The lowest BCUT2D eigenvalue weighted by Gasteiger charge is -2.10. The second kappa shape index (κ2) is 5.92. The standard InChI is InChI=1S/C13H16N2O/c1-3-10(2)11-5-4-6-12(9-11)15-13(16)7-8-14/h4-6,9-10H,3,7H2,1-2H3,(H,15,16). The van der Waals surface area contributed by atoms with Gasteiger partial charge in [0, 0.05) is 5.69 Å². The monoisotopic (exact) mass is 216 g/mol. The summed E-state index contributed by atoms with van der Waals surface area (Å²) in [6, 6.07) is 9.59. The Bertz CT molecular complexity index is 407. The lowest BCUT2D eigenvalue weighted by Crippen LogP contribution is -2.10. The maximum Gasteiger partial charge on any atom is 0.238 e. The Labute approximate surface area is 96.1 Å². The van der Waals surface area contributed by atoms with E-state index in [0.29, 0.717) is 5.92 Å². The van der Waals surface area contributed by atoms with Gasteiger partial charge in [0.25, 0.3) is 0 Å². The second-order valence-electron chi connectivity index (χ2n) is 3.82. The van der Waals surface area contributed by atoms with Crippen LogP contribution in [0.5, 0.6) is 0 Å². The van der Waals surface area contributed by atoms with Gasteiger partial charge in [-0.3, -0.25) is 4.79 Å². The predicted molar refractivity (Wildman–Crippen MR) is 64.0 cm³/mol. The number of carbonyl (C=O) groups excluding carboxylic acids is 1. The summed E-state index contributed by atoms with van der Waals surface area (Å²) in [7, 11) is 0. The van der Waals surface area contributed by atoms with E-state index in [0.717, 1.165) is 12.1 Å². The normalized spacial score (nSPS) is 11.6. The van der Waals surface area contributed by atoms with E-state index in [2.05, 4.69) is 19.2 Å². The van der Waals surface area contributed by atoms with Gasteiger partial charge in [-0.25, -0.2) is 0 Å². The number of benzene rings is 1. The summed E-state index contributed by atoms with van der Waals surface area (Å²) in [5, 5.41) is 11.1. The van der Waals surface area contributed by atoms with Gasteiger partial charge in [-0.15, -0.1) is 0 Å². The quantitative estimate of drug-likeness (QED) is 0.841. The van der Waals surface area contributed by atoms with Crippen LogP contribution in [-0.4, -0.2) is 5.91 Å². The average Bonchev–Trinajstić information content (AvgIpc) is 2.28. The molecule has 1 atom stereocenters. The summed E-state index contributed by atoms with van der Waals surface area (Å²) in [4.78, 5) is 11.2. The molecule has 1 aromatic carbocycles. The fourth-order valence-electron chi connectivity index (χ4n) is 1.44. The Morgan fingerprint density at radius 2 is 2.31 bits per heavy atom. The summed E-state index contributed by atoms with van der Waals surface area (Å²) in [6.07, 6.45) is 0.961. The summed E-state index contributed by atoms with van der Waals surface area (Å²) in [5.74, 6) is 0.219. The maximum atomic E-state index is 11.2. The van der Waals surface area contributed by atoms with Crippen LogP contribution in [0.25, 0.3) is 0 Å². The SMILES string of the molecule is CCC(C)c1cccc(NC(=O)CC#N)c1. The van der Waals surface area contributed by atoms with Crippen LogP contribution >= 0.6 is 0 Å². The van der Waals surface area contributed by atoms with Crippen LogP contribution in [0.3, 0.4) is 0 Å². The third kappa shape index (κ3) is 3.39. The van der Waals surface area contributed by atoms with Crippen LogP contribution in [0.2, 0.25) is 0 Å². The van der Waals surface area contributed by atoms with Crippen LogP contribution < -0.4 is 5.32 Å². The van der Waals surface area contributed by atoms with E-state index in [4.69, 9.17) is 5.26 Å². The number of rotatable bonds is 4. The molecule has 0 aliphatic carbocycles. The molecule has 1 rings (SSSR count). The number of amides is 1. The minimum absolute atomic E-state index is 0.104. The Hall–Kier alpha value is -1.82. The third-order valence-electron chi connectivity index (χ3n) is 2.59. The Balaban J connectivity index is 2.75. The number of nitriles is 1. The van der Waals surface area contributed by atoms with Gasteiger partial charge in [0.15, 0.2) is 0 Å². The first-order valence-electron chi connectivity index (χ1n) is 5.44. The lowest BCUT2D eigenvalue weighted by molar-refractivity contribution is -0.115. The van der Waals surface area contributed by atoms with E-state index in [-0.39, 0.29) is 12.3 Å². The van der Waals surface area contributed by atoms with Gasteiger partial charge in [-0.2, -0.15) is 5.26 Å². The molecular weight excluding hydrogens is 200 g/mol. The van der Waals surface area contributed by atoms with Gasteiger partial charge < -0.3 is 5.32 Å². The molecule has 0 saturated heterocycles. The lowest BCUT2D eigenvalue weighted by atomic mass is 9.98. The zero-order valence-electron chi connectivity index (χ0n) is 9.66. The largest absolute Gasteiger partial charge is 0.325 e. The molecule has 1 N–H and O–H groups in total. The molecule has 1 amide bonds. The molecule has 84 valence electrons. The predicted octanol–water partition coefficient (Wildman–Crippen LogP) is 3.05. The van der Waals surface area contributed by atoms with E-state index in [1.54, 1.807) is 0 Å². The van der Waals surface area contributed by atoms with E-state index in [1.165, 1.54) is 5.56 Å². The molecule has 0 spiro atoms. The first-order valence-corrected chi connectivity index (χ1v) is 5.44. The molecule has 0 bridgehead atoms. The van der Waals surface area contributed by atoms with E-state index >= 15 is 0 Å². The zero-order valence-corrected chi connectivity index (χ0v) is 9.66. The average molecular weight is 216 g/mol. The van der Waals surface area contributed by atoms with E-state index in [9.17, 15) is 4.79 Å². The molecule has 1 aromatic rings. The van der Waals surface area contributed by atoms with Crippen LogP contribution in [0.15, 0.2) is 24.3 Å². The van der Waals surface area contributed by atoms with Crippen molar-refractivity contribution < 1.29 is 4.79 Å². The van der Waals surface area contributed by atoms with Crippen molar-refractivity contribution in [2.24, 2.45) is 0 Å². The highest BCUT2D eigenvalue weighted by Gasteiger charge is 2.05. The number of nitrogens with zero attached hydrogens (tertiary/aromatic N) is 1. The molecule has 0 aliphatic heterocycles. The minimum atomic E-state index is -0.260. The highest BCUT2D eigenvalue weighted by molar-refractivity contribution is 5.92. The molecular formula is C13H16N2O. The smallest absolute Gasteiger partial charge is 0.238 e. The number of hydrogen-bond acceptors (Lipinski definition) is 2. The van der Waals surface area contributed by atoms with Crippen molar-refractivity contribution in [3.63, 3.8) is 0 Å². The highest BCUT2D eigenvalue weighted by Crippen LogP contribution is 2.21. The van der Waals surface area contributed by atoms with Gasteiger partial charge >= 0.3 is 0 Å². The van der Waals surface area contributed by atoms with Crippen molar-refractivity contribution >= 4 is 11.6 Å². The molecule has 0 aromatic heterocycles. The molecule has 0 heterocycles. The van der Waals surface area contributed by atoms with Gasteiger partial charge in [0.05, 0.1) is 6.07 Å². The van der Waals surface area contributed by atoms with Gasteiger partial charge in [0.1, 0.15) is 6.42 Å². The van der Waals surface area contributed by atoms with Crippen molar-refractivity contribution in [2.75, 3.05) is 5.32 Å². The van der Waals surface area contributed by atoms with E-state index in [1.807, 2.05) is 30.3 Å². The summed E-state index contributed by atoms with van der Waals surface area (Å²) >= 11 is 0. The van der Waals surface area contributed by atoms with Crippen molar-refractivity contribution in [3.05, 3.63) is 29.8 Å². The number of nitrogens with one attached hydrogen (secondary N) is 1. The van der Waals surface area contributed by atoms with E-state index < -0.39 is 0 Å². The van der Waals surface area contributed by atoms with Gasteiger partial charge in [-0.05, 0) is 30.0 Å². The van der Waals surface area contributed by atoms with Crippen molar-refractivity contribution in [1.82, 2.24) is 0 Å². The van der Waals surface area contributed by atoms with Crippen molar-refractivity contribution in [1.29, 1.82) is 5.26 Å². The summed E-state index contributed by atoms with van der Waals surface area (Å²) in [6.45, 7) is 4.28. The Morgan fingerprint density at radius 3 is 2.94 bits per heavy atom.